The highest BCUT2D eigenvalue weighted by atomic mass is 16.2. The summed E-state index contributed by atoms with van der Waals surface area (Å²) < 4.78 is 0. The number of amides is 2. The molecule has 0 atom stereocenters. The van der Waals surface area contributed by atoms with Gasteiger partial charge < -0.3 is 9.80 Å². The lowest BCUT2D eigenvalue weighted by atomic mass is 10.0. The summed E-state index contributed by atoms with van der Waals surface area (Å²) in [5.41, 5.74) is 17.3. The van der Waals surface area contributed by atoms with Crippen molar-refractivity contribution in [3.63, 3.8) is 0 Å². The molecule has 11 rings (SSSR count). The normalized spacial score (nSPS) is 12.3. The SMILES string of the molecule is O=C1N(c2ccc(N(c3ccc(-c4ccccc4)cc3)c3ccc(-c4ccccc4)cc3)cc2)CCN1c1ccc(N(c2ccc(-c3ccccc3)cc2)c2ccc(-c3ccccc3)cc2)cc1. The van der Waals surface area contributed by atoms with E-state index in [1.165, 1.54) is 22.3 Å². The molecule has 326 valence electrons. The van der Waals surface area contributed by atoms with E-state index < -0.39 is 0 Å². The molecule has 0 aliphatic carbocycles. The van der Waals surface area contributed by atoms with Crippen molar-refractivity contribution in [3.05, 3.63) is 267 Å². The van der Waals surface area contributed by atoms with Crippen molar-refractivity contribution in [3.8, 4) is 44.5 Å². The maximum atomic E-state index is 14.3. The number of benzene rings is 10. The van der Waals surface area contributed by atoms with Crippen molar-refractivity contribution in [1.82, 2.24) is 0 Å². The van der Waals surface area contributed by atoms with Crippen molar-refractivity contribution in [2.24, 2.45) is 0 Å². The Hall–Kier alpha value is -8.93. The van der Waals surface area contributed by atoms with Gasteiger partial charge in [0.1, 0.15) is 0 Å². The predicted octanol–water partition coefficient (Wildman–Crippen LogP) is 16.7. The number of carbonyl (C=O) groups excluding carboxylic acids is 1. The van der Waals surface area contributed by atoms with Gasteiger partial charge in [-0.2, -0.15) is 0 Å². The topological polar surface area (TPSA) is 30.0 Å². The fourth-order valence-corrected chi connectivity index (χ4v) is 9.21. The number of urea groups is 1. The highest BCUT2D eigenvalue weighted by Crippen LogP contribution is 2.40. The van der Waals surface area contributed by atoms with E-state index in [4.69, 9.17) is 0 Å². The zero-order valence-electron chi connectivity index (χ0n) is 37.5. The number of hydrogen-bond acceptors (Lipinski definition) is 3. The van der Waals surface area contributed by atoms with E-state index in [2.05, 4.69) is 252 Å². The molecule has 2 amide bonds. The summed E-state index contributed by atoms with van der Waals surface area (Å²) in [7, 11) is 0. The fraction of sp³-hybridized carbons (Fsp3) is 0.0317. The van der Waals surface area contributed by atoms with Crippen molar-refractivity contribution in [2.75, 3.05) is 32.7 Å². The maximum Gasteiger partial charge on any atom is 0.329 e. The molecule has 0 N–H and O–H groups in total. The Morgan fingerprint density at radius 1 is 0.235 bits per heavy atom. The molecule has 1 aliphatic heterocycles. The van der Waals surface area contributed by atoms with Gasteiger partial charge in [0.05, 0.1) is 0 Å². The molecule has 68 heavy (non-hydrogen) atoms. The molecule has 1 heterocycles. The number of carbonyl (C=O) groups is 1. The van der Waals surface area contributed by atoms with Gasteiger partial charge in [-0.25, -0.2) is 4.79 Å². The Balaban J connectivity index is 0.848. The lowest BCUT2D eigenvalue weighted by Crippen LogP contribution is -2.31. The molecular weight excluding hydrogens is 829 g/mol. The zero-order chi connectivity index (χ0) is 45.7. The second kappa shape index (κ2) is 18.9. The molecule has 0 aromatic heterocycles. The Kier molecular flexibility index (Phi) is 11.6. The van der Waals surface area contributed by atoms with Crippen LogP contribution in [0.5, 0.6) is 0 Å². The van der Waals surface area contributed by atoms with Gasteiger partial charge in [-0.1, -0.05) is 170 Å². The lowest BCUT2D eigenvalue weighted by Gasteiger charge is -2.27. The van der Waals surface area contributed by atoms with E-state index in [9.17, 15) is 4.79 Å². The summed E-state index contributed by atoms with van der Waals surface area (Å²) in [5.74, 6) is 0. The molecule has 0 radical (unpaired) electrons. The molecule has 1 fully saturated rings. The maximum absolute atomic E-state index is 14.3. The second-order valence-corrected chi connectivity index (χ2v) is 16.9. The quantitative estimate of drug-likeness (QED) is 0.122. The molecule has 0 unspecified atom stereocenters. The molecule has 5 heteroatoms. The zero-order valence-corrected chi connectivity index (χ0v) is 37.5. The van der Waals surface area contributed by atoms with E-state index in [0.29, 0.717) is 13.1 Å². The van der Waals surface area contributed by atoms with Crippen LogP contribution in [0, 0.1) is 0 Å². The fourth-order valence-electron chi connectivity index (χ4n) is 9.21. The van der Waals surface area contributed by atoms with E-state index in [0.717, 1.165) is 67.8 Å². The third-order valence-electron chi connectivity index (χ3n) is 12.8. The van der Waals surface area contributed by atoms with E-state index in [-0.39, 0.29) is 6.03 Å². The van der Waals surface area contributed by atoms with Gasteiger partial charge in [-0.05, 0) is 142 Å². The molecule has 1 saturated heterocycles. The third-order valence-corrected chi connectivity index (χ3v) is 12.8. The summed E-state index contributed by atoms with van der Waals surface area (Å²) in [4.78, 5) is 22.5. The van der Waals surface area contributed by atoms with Crippen LogP contribution in [0.25, 0.3) is 44.5 Å². The number of anilines is 8. The monoisotopic (exact) mass is 876 g/mol. The van der Waals surface area contributed by atoms with E-state index >= 15 is 0 Å². The first kappa shape index (κ1) is 41.8. The molecule has 10 aromatic rings. The predicted molar refractivity (Wildman–Crippen MR) is 284 cm³/mol. The Bertz CT molecular complexity index is 2850. The molecule has 10 aromatic carbocycles. The first-order valence-electron chi connectivity index (χ1n) is 23.1. The third kappa shape index (κ3) is 8.64. The van der Waals surface area contributed by atoms with Gasteiger partial charge in [0.15, 0.2) is 0 Å². The first-order chi connectivity index (χ1) is 33.6. The minimum Gasteiger partial charge on any atom is -0.311 e. The minimum absolute atomic E-state index is 0.0415. The first-order valence-corrected chi connectivity index (χ1v) is 23.1. The van der Waals surface area contributed by atoms with Crippen molar-refractivity contribution < 1.29 is 4.79 Å². The Labute approximate surface area is 398 Å². The standard InChI is InChI=1S/C63H48N4O/c68-63-64(55-37-41-61(42-38-55)66(57-29-21-51(22-30-57)47-13-5-1-6-14-47)58-31-23-52(24-32-58)48-15-7-2-8-16-48)45-46-65(63)56-39-43-62(44-40-56)67(59-33-25-53(26-34-59)49-17-9-3-10-18-49)60-35-27-54(28-36-60)50-19-11-4-12-20-50/h1-44H,45-46H2. The van der Waals surface area contributed by atoms with Crippen molar-refractivity contribution in [2.45, 2.75) is 0 Å². The Morgan fingerprint density at radius 2 is 0.426 bits per heavy atom. The summed E-state index contributed by atoms with van der Waals surface area (Å²) in [6.07, 6.45) is 0. The van der Waals surface area contributed by atoms with Crippen LogP contribution < -0.4 is 19.6 Å². The molecule has 0 spiro atoms. The van der Waals surface area contributed by atoms with Crippen LogP contribution in [0.4, 0.5) is 50.3 Å². The average Bonchev–Trinajstić information content (AvgIpc) is 3.81. The minimum atomic E-state index is -0.0415. The van der Waals surface area contributed by atoms with Crippen LogP contribution in [0.3, 0.4) is 0 Å². The molecule has 0 bridgehead atoms. The number of rotatable bonds is 12. The van der Waals surface area contributed by atoms with Gasteiger partial charge in [0, 0.05) is 58.6 Å². The molecule has 1 aliphatic rings. The van der Waals surface area contributed by atoms with Crippen LogP contribution in [0.2, 0.25) is 0 Å². The van der Waals surface area contributed by atoms with Crippen molar-refractivity contribution >= 4 is 51.5 Å². The highest BCUT2D eigenvalue weighted by Gasteiger charge is 2.31. The molecule has 5 nitrogen and oxygen atoms in total. The summed E-state index contributed by atoms with van der Waals surface area (Å²) in [6.45, 7) is 1.17. The van der Waals surface area contributed by atoms with E-state index in [1.54, 1.807) is 0 Å². The summed E-state index contributed by atoms with van der Waals surface area (Å²) in [6, 6.07) is 93.3. The second-order valence-electron chi connectivity index (χ2n) is 16.9. The van der Waals surface area contributed by atoms with Gasteiger partial charge >= 0.3 is 6.03 Å². The van der Waals surface area contributed by atoms with Gasteiger partial charge in [-0.3, -0.25) is 9.80 Å². The van der Waals surface area contributed by atoms with E-state index in [1.807, 2.05) is 34.1 Å². The van der Waals surface area contributed by atoms with Gasteiger partial charge in [0.2, 0.25) is 0 Å². The smallest absolute Gasteiger partial charge is 0.311 e. The van der Waals surface area contributed by atoms with Crippen LogP contribution in [-0.2, 0) is 0 Å². The van der Waals surface area contributed by atoms with Crippen LogP contribution in [0.15, 0.2) is 267 Å². The van der Waals surface area contributed by atoms with Crippen LogP contribution in [-0.4, -0.2) is 19.1 Å². The van der Waals surface area contributed by atoms with Crippen LogP contribution in [0.1, 0.15) is 0 Å². The average molecular weight is 877 g/mol. The largest absolute Gasteiger partial charge is 0.329 e. The van der Waals surface area contributed by atoms with Crippen LogP contribution >= 0.6 is 0 Å². The Morgan fingerprint density at radius 3 is 0.647 bits per heavy atom. The summed E-state index contributed by atoms with van der Waals surface area (Å²) in [5, 5.41) is 0. The highest BCUT2D eigenvalue weighted by molar-refractivity contribution is 6.06. The van der Waals surface area contributed by atoms with Gasteiger partial charge in [-0.15, -0.1) is 0 Å². The lowest BCUT2D eigenvalue weighted by molar-refractivity contribution is 0.256. The number of hydrogen-bond donors (Lipinski definition) is 0. The molecule has 0 saturated carbocycles. The number of nitrogens with zero attached hydrogens (tertiary/aromatic N) is 4. The van der Waals surface area contributed by atoms with Gasteiger partial charge in [0.25, 0.3) is 0 Å². The molecular formula is C63H48N4O. The summed E-state index contributed by atoms with van der Waals surface area (Å²) >= 11 is 0. The van der Waals surface area contributed by atoms with Crippen molar-refractivity contribution in [1.29, 1.82) is 0 Å².